The summed E-state index contributed by atoms with van der Waals surface area (Å²) < 4.78 is 0. The SMILES string of the molecule is CCC(N)CC(=O)NCCCCCO. The third-order valence-electron chi connectivity index (χ3n) is 2.13. The summed E-state index contributed by atoms with van der Waals surface area (Å²) in [5.74, 6) is 0.0309. The van der Waals surface area contributed by atoms with E-state index in [0.717, 1.165) is 25.7 Å². The zero-order valence-electron chi connectivity index (χ0n) is 8.96. The van der Waals surface area contributed by atoms with Crippen LogP contribution in [0.5, 0.6) is 0 Å². The van der Waals surface area contributed by atoms with Gasteiger partial charge in [-0.2, -0.15) is 0 Å². The Balaban J connectivity index is 3.27. The van der Waals surface area contributed by atoms with Crippen molar-refractivity contribution in [2.45, 2.75) is 45.1 Å². The molecular formula is C10H22N2O2. The van der Waals surface area contributed by atoms with Crippen molar-refractivity contribution in [3.63, 3.8) is 0 Å². The molecule has 1 atom stereocenters. The quantitative estimate of drug-likeness (QED) is 0.498. The van der Waals surface area contributed by atoms with E-state index in [1.54, 1.807) is 0 Å². The summed E-state index contributed by atoms with van der Waals surface area (Å²) >= 11 is 0. The molecule has 0 heterocycles. The van der Waals surface area contributed by atoms with Crippen molar-refractivity contribution in [1.29, 1.82) is 0 Å². The summed E-state index contributed by atoms with van der Waals surface area (Å²) in [4.78, 5) is 11.2. The third-order valence-corrected chi connectivity index (χ3v) is 2.13. The van der Waals surface area contributed by atoms with Crippen LogP contribution in [0.3, 0.4) is 0 Å². The molecule has 0 aliphatic rings. The van der Waals surface area contributed by atoms with Crippen LogP contribution >= 0.6 is 0 Å². The minimum Gasteiger partial charge on any atom is -0.396 e. The highest BCUT2D eigenvalue weighted by atomic mass is 16.2. The lowest BCUT2D eigenvalue weighted by molar-refractivity contribution is -0.121. The average Bonchev–Trinajstić information content (AvgIpc) is 2.17. The molecule has 0 saturated carbocycles. The normalized spacial score (nSPS) is 12.5. The van der Waals surface area contributed by atoms with Crippen LogP contribution in [0.15, 0.2) is 0 Å². The Labute approximate surface area is 85.9 Å². The minimum atomic E-state index is -0.0209. The molecule has 0 aromatic heterocycles. The lowest BCUT2D eigenvalue weighted by Gasteiger charge is -2.08. The second-order valence-corrected chi connectivity index (χ2v) is 3.51. The molecule has 0 aliphatic carbocycles. The number of rotatable bonds is 8. The van der Waals surface area contributed by atoms with Gasteiger partial charge in [0.1, 0.15) is 0 Å². The van der Waals surface area contributed by atoms with E-state index < -0.39 is 0 Å². The maximum Gasteiger partial charge on any atom is 0.221 e. The van der Waals surface area contributed by atoms with Gasteiger partial charge in [0.05, 0.1) is 0 Å². The molecule has 0 fully saturated rings. The molecule has 0 aliphatic heterocycles. The summed E-state index contributed by atoms with van der Waals surface area (Å²) in [5, 5.41) is 11.3. The lowest BCUT2D eigenvalue weighted by atomic mass is 10.1. The van der Waals surface area contributed by atoms with Gasteiger partial charge in [0, 0.05) is 25.6 Å². The Morgan fingerprint density at radius 3 is 2.71 bits per heavy atom. The van der Waals surface area contributed by atoms with E-state index in [1.807, 2.05) is 6.92 Å². The van der Waals surface area contributed by atoms with Crippen LogP contribution in [0.4, 0.5) is 0 Å². The molecule has 4 heteroatoms. The van der Waals surface area contributed by atoms with Gasteiger partial charge in [-0.05, 0) is 25.7 Å². The van der Waals surface area contributed by atoms with Crippen molar-refractivity contribution >= 4 is 5.91 Å². The highest BCUT2D eigenvalue weighted by Crippen LogP contribution is 1.95. The van der Waals surface area contributed by atoms with Crippen LogP contribution in [-0.2, 0) is 4.79 Å². The van der Waals surface area contributed by atoms with Crippen LogP contribution in [0, 0.1) is 0 Å². The topological polar surface area (TPSA) is 75.4 Å². The number of hydrogen-bond acceptors (Lipinski definition) is 3. The van der Waals surface area contributed by atoms with Crippen molar-refractivity contribution in [3.05, 3.63) is 0 Å². The van der Waals surface area contributed by atoms with Gasteiger partial charge in [0.2, 0.25) is 5.91 Å². The highest BCUT2D eigenvalue weighted by molar-refractivity contribution is 5.76. The number of carbonyl (C=O) groups excluding carboxylic acids is 1. The molecule has 4 nitrogen and oxygen atoms in total. The molecule has 0 spiro atoms. The number of amides is 1. The molecule has 0 rings (SSSR count). The minimum absolute atomic E-state index is 0.0209. The molecule has 0 aromatic carbocycles. The molecule has 0 radical (unpaired) electrons. The molecular weight excluding hydrogens is 180 g/mol. The molecule has 0 saturated heterocycles. The molecule has 0 bridgehead atoms. The lowest BCUT2D eigenvalue weighted by Crippen LogP contribution is -2.31. The maximum atomic E-state index is 11.2. The van der Waals surface area contributed by atoms with Crippen molar-refractivity contribution in [3.8, 4) is 0 Å². The van der Waals surface area contributed by atoms with Crippen LogP contribution in [-0.4, -0.2) is 30.2 Å². The fourth-order valence-electron chi connectivity index (χ4n) is 1.10. The largest absolute Gasteiger partial charge is 0.396 e. The van der Waals surface area contributed by atoms with E-state index >= 15 is 0 Å². The van der Waals surface area contributed by atoms with Gasteiger partial charge >= 0.3 is 0 Å². The van der Waals surface area contributed by atoms with E-state index in [-0.39, 0.29) is 18.6 Å². The van der Waals surface area contributed by atoms with Gasteiger partial charge in [0.15, 0.2) is 0 Å². The van der Waals surface area contributed by atoms with Crippen LogP contribution in [0.25, 0.3) is 0 Å². The number of nitrogens with two attached hydrogens (primary N) is 1. The first-order chi connectivity index (χ1) is 6.70. The Bertz CT molecular complexity index is 151. The molecule has 1 unspecified atom stereocenters. The fraction of sp³-hybridized carbons (Fsp3) is 0.900. The van der Waals surface area contributed by atoms with Crippen molar-refractivity contribution < 1.29 is 9.90 Å². The van der Waals surface area contributed by atoms with Crippen molar-refractivity contribution in [1.82, 2.24) is 5.32 Å². The molecule has 0 aromatic rings. The first-order valence-corrected chi connectivity index (χ1v) is 5.33. The molecule has 4 N–H and O–H groups in total. The van der Waals surface area contributed by atoms with Crippen LogP contribution in [0.2, 0.25) is 0 Å². The van der Waals surface area contributed by atoms with E-state index in [0.29, 0.717) is 13.0 Å². The second kappa shape index (κ2) is 8.97. The third kappa shape index (κ3) is 8.01. The van der Waals surface area contributed by atoms with Gasteiger partial charge in [-0.3, -0.25) is 4.79 Å². The summed E-state index contributed by atoms with van der Waals surface area (Å²) in [6, 6.07) is -0.0209. The van der Waals surface area contributed by atoms with Gasteiger partial charge in [-0.1, -0.05) is 6.92 Å². The standard InChI is InChI=1S/C10H22N2O2/c1-2-9(11)8-10(14)12-6-4-3-5-7-13/h9,13H,2-8,11H2,1H3,(H,12,14). The zero-order valence-corrected chi connectivity index (χ0v) is 8.96. The predicted molar refractivity (Wildman–Crippen MR) is 56.8 cm³/mol. The number of unbranched alkanes of at least 4 members (excludes halogenated alkanes) is 2. The zero-order chi connectivity index (χ0) is 10.8. The predicted octanol–water partition coefficient (Wildman–Crippen LogP) is 0.393. The summed E-state index contributed by atoms with van der Waals surface area (Å²) in [7, 11) is 0. The van der Waals surface area contributed by atoms with Crippen LogP contribution in [0.1, 0.15) is 39.0 Å². The first-order valence-electron chi connectivity index (χ1n) is 5.33. The van der Waals surface area contributed by atoms with Gasteiger partial charge in [-0.15, -0.1) is 0 Å². The molecule has 14 heavy (non-hydrogen) atoms. The van der Waals surface area contributed by atoms with Crippen molar-refractivity contribution in [2.75, 3.05) is 13.2 Å². The second-order valence-electron chi connectivity index (χ2n) is 3.51. The van der Waals surface area contributed by atoms with Gasteiger partial charge in [0.25, 0.3) is 0 Å². The van der Waals surface area contributed by atoms with Crippen LogP contribution < -0.4 is 11.1 Å². The Morgan fingerprint density at radius 1 is 1.43 bits per heavy atom. The summed E-state index contributed by atoms with van der Waals surface area (Å²) in [5.41, 5.74) is 5.63. The van der Waals surface area contributed by atoms with E-state index in [2.05, 4.69) is 5.32 Å². The smallest absolute Gasteiger partial charge is 0.221 e. The Hall–Kier alpha value is -0.610. The average molecular weight is 202 g/mol. The monoisotopic (exact) mass is 202 g/mol. The molecule has 1 amide bonds. The van der Waals surface area contributed by atoms with Gasteiger partial charge in [-0.25, -0.2) is 0 Å². The highest BCUT2D eigenvalue weighted by Gasteiger charge is 2.05. The van der Waals surface area contributed by atoms with E-state index in [1.165, 1.54) is 0 Å². The first kappa shape index (κ1) is 13.4. The molecule has 84 valence electrons. The Morgan fingerprint density at radius 2 is 2.14 bits per heavy atom. The van der Waals surface area contributed by atoms with E-state index in [9.17, 15) is 4.79 Å². The number of hydrogen-bond donors (Lipinski definition) is 3. The fourth-order valence-corrected chi connectivity index (χ4v) is 1.10. The van der Waals surface area contributed by atoms with Gasteiger partial charge < -0.3 is 16.2 Å². The number of aliphatic hydroxyl groups is 1. The Kier molecular flexibility index (Phi) is 8.57. The summed E-state index contributed by atoms with van der Waals surface area (Å²) in [6.45, 7) is 2.89. The number of aliphatic hydroxyl groups excluding tert-OH is 1. The number of carbonyl (C=O) groups is 1. The number of nitrogens with one attached hydrogen (secondary N) is 1. The maximum absolute atomic E-state index is 11.2. The van der Waals surface area contributed by atoms with E-state index in [4.69, 9.17) is 10.8 Å². The van der Waals surface area contributed by atoms with Crippen molar-refractivity contribution in [2.24, 2.45) is 5.73 Å². The summed E-state index contributed by atoms with van der Waals surface area (Å²) in [6.07, 6.45) is 3.93.